The molecule has 0 aliphatic heterocycles. The highest BCUT2D eigenvalue weighted by Gasteiger charge is 2.05. The molecule has 5 heteroatoms. The van der Waals surface area contributed by atoms with Crippen molar-refractivity contribution < 1.29 is 9.47 Å². The van der Waals surface area contributed by atoms with Gasteiger partial charge in [-0.15, -0.1) is 0 Å². The number of aryl methyl sites for hydroxylation is 1. The third kappa shape index (κ3) is 4.43. The van der Waals surface area contributed by atoms with E-state index in [1.807, 2.05) is 38.2 Å². The van der Waals surface area contributed by atoms with Gasteiger partial charge >= 0.3 is 0 Å². The maximum atomic E-state index is 5.80. The Hall–Kier alpha value is -2.14. The fraction of sp³-hybridized carbons (Fsp3) is 0.375. The van der Waals surface area contributed by atoms with E-state index in [4.69, 9.17) is 9.47 Å². The number of hydrogen-bond donors (Lipinski definition) is 1. The number of nitrogens with one attached hydrogen (secondary N) is 1. The van der Waals surface area contributed by atoms with Gasteiger partial charge in [-0.25, -0.2) is 4.98 Å². The number of ether oxygens (including phenoxy) is 2. The van der Waals surface area contributed by atoms with Gasteiger partial charge in [-0.3, -0.25) is 0 Å². The topological polar surface area (TPSA) is 56.3 Å². The standard InChI is InChI=1S/C16H21N3O2/c1-4-14-18-15(17-2)11-16(19-14)21-13-7-5-12(6-8-13)9-10-20-3/h5-8,11H,4,9-10H2,1-3H3,(H,17,18,19). The Kier molecular flexibility index (Phi) is 5.51. The lowest BCUT2D eigenvalue weighted by molar-refractivity contribution is 0.202. The van der Waals surface area contributed by atoms with Gasteiger partial charge in [0.2, 0.25) is 5.88 Å². The molecule has 0 radical (unpaired) electrons. The fourth-order valence-corrected chi connectivity index (χ4v) is 1.88. The van der Waals surface area contributed by atoms with Crippen molar-refractivity contribution in [2.75, 3.05) is 26.1 Å². The molecule has 5 nitrogen and oxygen atoms in total. The van der Waals surface area contributed by atoms with E-state index in [1.165, 1.54) is 5.56 Å². The number of rotatable bonds is 7. The van der Waals surface area contributed by atoms with E-state index in [9.17, 15) is 0 Å². The van der Waals surface area contributed by atoms with Gasteiger partial charge in [0.15, 0.2) is 0 Å². The molecule has 2 rings (SSSR count). The van der Waals surface area contributed by atoms with Crippen LogP contribution in [0.3, 0.4) is 0 Å². The maximum absolute atomic E-state index is 5.80. The predicted octanol–water partition coefficient (Wildman–Crippen LogP) is 3.06. The molecule has 21 heavy (non-hydrogen) atoms. The Bertz CT molecular complexity index is 548. The van der Waals surface area contributed by atoms with Gasteiger partial charge in [0, 0.05) is 26.6 Å². The molecule has 0 saturated heterocycles. The summed E-state index contributed by atoms with van der Waals surface area (Å²) < 4.78 is 10.9. The van der Waals surface area contributed by atoms with E-state index >= 15 is 0 Å². The highest BCUT2D eigenvalue weighted by Crippen LogP contribution is 2.22. The van der Waals surface area contributed by atoms with Gasteiger partial charge in [0.25, 0.3) is 0 Å². The summed E-state index contributed by atoms with van der Waals surface area (Å²) >= 11 is 0. The van der Waals surface area contributed by atoms with Gasteiger partial charge in [-0.05, 0) is 24.1 Å². The zero-order valence-electron chi connectivity index (χ0n) is 12.7. The second-order valence-corrected chi connectivity index (χ2v) is 4.60. The van der Waals surface area contributed by atoms with Crippen LogP contribution in [0.2, 0.25) is 0 Å². The van der Waals surface area contributed by atoms with Crippen molar-refractivity contribution in [1.82, 2.24) is 9.97 Å². The van der Waals surface area contributed by atoms with E-state index in [2.05, 4.69) is 15.3 Å². The number of benzene rings is 1. The largest absolute Gasteiger partial charge is 0.439 e. The van der Waals surface area contributed by atoms with E-state index in [1.54, 1.807) is 13.2 Å². The lowest BCUT2D eigenvalue weighted by Gasteiger charge is -2.09. The van der Waals surface area contributed by atoms with Crippen LogP contribution in [0.5, 0.6) is 11.6 Å². The summed E-state index contributed by atoms with van der Waals surface area (Å²) in [6.45, 7) is 2.74. The first kappa shape index (κ1) is 15.3. The Morgan fingerprint density at radius 3 is 2.52 bits per heavy atom. The molecule has 0 spiro atoms. The molecule has 2 aromatic rings. The van der Waals surface area contributed by atoms with Crippen molar-refractivity contribution >= 4 is 5.82 Å². The van der Waals surface area contributed by atoms with Crippen LogP contribution in [0.15, 0.2) is 30.3 Å². The summed E-state index contributed by atoms with van der Waals surface area (Å²) in [6, 6.07) is 9.75. The van der Waals surface area contributed by atoms with Crippen molar-refractivity contribution in [2.45, 2.75) is 19.8 Å². The van der Waals surface area contributed by atoms with Crippen LogP contribution in [0.25, 0.3) is 0 Å². The third-order valence-electron chi connectivity index (χ3n) is 3.06. The number of aromatic nitrogens is 2. The van der Waals surface area contributed by atoms with Crippen LogP contribution in [0, 0.1) is 0 Å². The van der Waals surface area contributed by atoms with Crippen LogP contribution in [0.1, 0.15) is 18.3 Å². The Labute approximate surface area is 125 Å². The number of methoxy groups -OCH3 is 1. The molecule has 0 bridgehead atoms. The molecule has 112 valence electrons. The normalized spacial score (nSPS) is 10.4. The van der Waals surface area contributed by atoms with Gasteiger partial charge in [0.1, 0.15) is 17.4 Å². The van der Waals surface area contributed by atoms with Crippen LogP contribution in [0.4, 0.5) is 5.82 Å². The first-order valence-corrected chi connectivity index (χ1v) is 7.06. The Morgan fingerprint density at radius 1 is 1.14 bits per heavy atom. The van der Waals surface area contributed by atoms with Crippen molar-refractivity contribution in [3.05, 3.63) is 41.7 Å². The summed E-state index contributed by atoms with van der Waals surface area (Å²) in [5, 5.41) is 3.02. The first-order valence-electron chi connectivity index (χ1n) is 7.06. The molecule has 0 saturated carbocycles. The molecule has 0 fully saturated rings. The summed E-state index contributed by atoms with van der Waals surface area (Å²) in [4.78, 5) is 8.72. The molecule has 1 aromatic heterocycles. The minimum absolute atomic E-state index is 0.552. The SMILES string of the molecule is CCc1nc(NC)cc(Oc2ccc(CCOC)cc2)n1. The first-order chi connectivity index (χ1) is 10.2. The lowest BCUT2D eigenvalue weighted by Crippen LogP contribution is -2.01. The maximum Gasteiger partial charge on any atom is 0.224 e. The molecule has 1 N–H and O–H groups in total. The van der Waals surface area contributed by atoms with Crippen molar-refractivity contribution in [3.8, 4) is 11.6 Å². The van der Waals surface area contributed by atoms with Crippen LogP contribution in [-0.4, -0.2) is 30.7 Å². The fourth-order valence-electron chi connectivity index (χ4n) is 1.88. The third-order valence-corrected chi connectivity index (χ3v) is 3.06. The van der Waals surface area contributed by atoms with Gasteiger partial charge in [0.05, 0.1) is 6.61 Å². The molecule has 1 heterocycles. The Balaban J connectivity index is 2.10. The average molecular weight is 287 g/mol. The molecule has 0 amide bonds. The zero-order chi connectivity index (χ0) is 15.1. The molecule has 1 aromatic carbocycles. The van der Waals surface area contributed by atoms with Crippen LogP contribution in [-0.2, 0) is 17.6 Å². The van der Waals surface area contributed by atoms with E-state index in [-0.39, 0.29) is 0 Å². The minimum Gasteiger partial charge on any atom is -0.439 e. The molecule has 0 atom stereocenters. The number of hydrogen-bond acceptors (Lipinski definition) is 5. The van der Waals surface area contributed by atoms with E-state index in [0.29, 0.717) is 5.88 Å². The van der Waals surface area contributed by atoms with E-state index in [0.717, 1.165) is 36.8 Å². The van der Waals surface area contributed by atoms with Crippen molar-refractivity contribution in [3.63, 3.8) is 0 Å². The number of nitrogens with zero attached hydrogens (tertiary/aromatic N) is 2. The average Bonchev–Trinajstić information content (AvgIpc) is 2.53. The highest BCUT2D eigenvalue weighted by atomic mass is 16.5. The quantitative estimate of drug-likeness (QED) is 0.848. The summed E-state index contributed by atoms with van der Waals surface area (Å²) in [5.41, 5.74) is 1.22. The molecular weight excluding hydrogens is 266 g/mol. The van der Waals surface area contributed by atoms with Gasteiger partial charge in [-0.2, -0.15) is 4.98 Å². The molecular formula is C16H21N3O2. The smallest absolute Gasteiger partial charge is 0.224 e. The van der Waals surface area contributed by atoms with E-state index < -0.39 is 0 Å². The zero-order valence-corrected chi connectivity index (χ0v) is 12.7. The van der Waals surface area contributed by atoms with Crippen molar-refractivity contribution in [2.24, 2.45) is 0 Å². The number of anilines is 1. The monoisotopic (exact) mass is 287 g/mol. The summed E-state index contributed by atoms with van der Waals surface area (Å²) in [5.74, 6) is 2.83. The van der Waals surface area contributed by atoms with Crippen LogP contribution < -0.4 is 10.1 Å². The van der Waals surface area contributed by atoms with Crippen LogP contribution >= 0.6 is 0 Å². The second kappa shape index (κ2) is 7.59. The molecule has 0 aliphatic carbocycles. The molecule has 0 unspecified atom stereocenters. The second-order valence-electron chi connectivity index (χ2n) is 4.60. The van der Waals surface area contributed by atoms with Crippen molar-refractivity contribution in [1.29, 1.82) is 0 Å². The van der Waals surface area contributed by atoms with Gasteiger partial charge < -0.3 is 14.8 Å². The molecule has 0 aliphatic rings. The minimum atomic E-state index is 0.552. The Morgan fingerprint density at radius 2 is 1.90 bits per heavy atom. The highest BCUT2D eigenvalue weighted by molar-refractivity contribution is 5.39. The summed E-state index contributed by atoms with van der Waals surface area (Å²) in [6.07, 6.45) is 1.66. The summed E-state index contributed by atoms with van der Waals surface area (Å²) in [7, 11) is 3.54. The predicted molar refractivity (Wildman–Crippen MR) is 83.1 cm³/mol. The lowest BCUT2D eigenvalue weighted by atomic mass is 10.1. The van der Waals surface area contributed by atoms with Gasteiger partial charge in [-0.1, -0.05) is 19.1 Å².